The number of nitrogens with one attached hydrogen (secondary N) is 1. The molecule has 1 aliphatic rings. The van der Waals surface area contributed by atoms with Crippen LogP contribution < -0.4 is 5.32 Å². The average molecular weight is 262 g/mol. The number of benzene rings is 1. The topological polar surface area (TPSA) is 35.5 Å². The summed E-state index contributed by atoms with van der Waals surface area (Å²) in [7, 11) is 2.19. The normalized spacial score (nSPS) is 21.2. The number of piperidine rings is 1. The minimum absolute atomic E-state index is 0.129. The Morgan fingerprint density at radius 3 is 2.47 bits per heavy atom. The van der Waals surface area contributed by atoms with Gasteiger partial charge in [-0.1, -0.05) is 30.3 Å². The van der Waals surface area contributed by atoms with Crippen LogP contribution in [0.15, 0.2) is 30.3 Å². The van der Waals surface area contributed by atoms with Crippen LogP contribution in [0.2, 0.25) is 0 Å². The van der Waals surface area contributed by atoms with Gasteiger partial charge in [0.15, 0.2) is 0 Å². The van der Waals surface area contributed by atoms with Gasteiger partial charge in [-0.3, -0.25) is 0 Å². The molecule has 1 unspecified atom stereocenters. The van der Waals surface area contributed by atoms with Gasteiger partial charge in [-0.15, -0.1) is 0 Å². The van der Waals surface area contributed by atoms with Crippen LogP contribution >= 0.6 is 0 Å². The Kier molecular flexibility index (Phi) is 4.97. The maximum absolute atomic E-state index is 9.74. The Labute approximate surface area is 116 Å². The van der Waals surface area contributed by atoms with Gasteiger partial charge in [0.1, 0.15) is 0 Å². The summed E-state index contributed by atoms with van der Waals surface area (Å²) in [4.78, 5) is 2.39. The SMILES string of the molecule is CN1CCC(CNC(C)(CO)c2ccccc2)CC1. The molecule has 3 nitrogen and oxygen atoms in total. The van der Waals surface area contributed by atoms with Crippen molar-refractivity contribution in [3.8, 4) is 0 Å². The number of likely N-dealkylation sites (tertiary alicyclic amines) is 1. The molecular formula is C16H26N2O. The van der Waals surface area contributed by atoms with Crippen LogP contribution in [0, 0.1) is 5.92 Å². The highest BCUT2D eigenvalue weighted by Gasteiger charge is 2.26. The summed E-state index contributed by atoms with van der Waals surface area (Å²) < 4.78 is 0. The van der Waals surface area contributed by atoms with Gasteiger partial charge in [-0.25, -0.2) is 0 Å². The van der Waals surface area contributed by atoms with Gasteiger partial charge in [0, 0.05) is 0 Å². The molecule has 1 aromatic rings. The van der Waals surface area contributed by atoms with Crippen molar-refractivity contribution < 1.29 is 5.11 Å². The zero-order valence-corrected chi connectivity index (χ0v) is 12.1. The van der Waals surface area contributed by atoms with Crippen molar-refractivity contribution in [2.24, 2.45) is 5.92 Å². The molecule has 106 valence electrons. The second-order valence-electron chi connectivity index (χ2n) is 5.98. The van der Waals surface area contributed by atoms with E-state index >= 15 is 0 Å². The first kappa shape index (κ1) is 14.5. The van der Waals surface area contributed by atoms with Crippen molar-refractivity contribution >= 4 is 0 Å². The Hall–Kier alpha value is -0.900. The van der Waals surface area contributed by atoms with Gasteiger partial charge in [-0.05, 0) is 57.9 Å². The molecule has 3 heteroatoms. The van der Waals surface area contributed by atoms with Crippen molar-refractivity contribution in [3.63, 3.8) is 0 Å². The van der Waals surface area contributed by atoms with E-state index in [0.29, 0.717) is 0 Å². The van der Waals surface area contributed by atoms with E-state index in [0.717, 1.165) is 18.0 Å². The van der Waals surface area contributed by atoms with E-state index in [1.165, 1.54) is 25.9 Å². The highest BCUT2D eigenvalue weighted by molar-refractivity contribution is 5.23. The molecule has 1 saturated heterocycles. The monoisotopic (exact) mass is 262 g/mol. The largest absolute Gasteiger partial charge is 0.394 e. The van der Waals surface area contributed by atoms with Crippen LogP contribution in [0.5, 0.6) is 0 Å². The fourth-order valence-corrected chi connectivity index (χ4v) is 2.69. The van der Waals surface area contributed by atoms with E-state index in [4.69, 9.17) is 0 Å². The van der Waals surface area contributed by atoms with Gasteiger partial charge in [0.2, 0.25) is 0 Å². The fraction of sp³-hybridized carbons (Fsp3) is 0.625. The molecule has 19 heavy (non-hydrogen) atoms. The number of nitrogens with zero attached hydrogens (tertiary/aromatic N) is 1. The van der Waals surface area contributed by atoms with Crippen molar-refractivity contribution in [1.29, 1.82) is 0 Å². The highest BCUT2D eigenvalue weighted by atomic mass is 16.3. The summed E-state index contributed by atoms with van der Waals surface area (Å²) in [6.45, 7) is 5.57. The third kappa shape index (κ3) is 3.78. The molecule has 1 aliphatic heterocycles. The summed E-state index contributed by atoms with van der Waals surface area (Å²) in [5.74, 6) is 0.728. The molecule has 0 amide bonds. The van der Waals surface area contributed by atoms with Crippen molar-refractivity contribution in [2.45, 2.75) is 25.3 Å². The van der Waals surface area contributed by atoms with E-state index in [1.807, 2.05) is 18.2 Å². The van der Waals surface area contributed by atoms with Crippen LogP contribution in [0.25, 0.3) is 0 Å². The molecule has 0 saturated carbocycles. The zero-order valence-electron chi connectivity index (χ0n) is 12.1. The zero-order chi connectivity index (χ0) is 13.7. The van der Waals surface area contributed by atoms with Crippen LogP contribution in [0.1, 0.15) is 25.3 Å². The Morgan fingerprint density at radius 1 is 1.26 bits per heavy atom. The summed E-state index contributed by atoms with van der Waals surface area (Å²) in [6, 6.07) is 10.2. The maximum atomic E-state index is 9.74. The van der Waals surface area contributed by atoms with Crippen LogP contribution in [0.4, 0.5) is 0 Å². The number of aliphatic hydroxyl groups excluding tert-OH is 1. The molecule has 0 aliphatic carbocycles. The minimum Gasteiger partial charge on any atom is -0.394 e. The van der Waals surface area contributed by atoms with Crippen LogP contribution in [-0.4, -0.2) is 43.3 Å². The maximum Gasteiger partial charge on any atom is 0.0652 e. The van der Waals surface area contributed by atoms with Gasteiger partial charge in [-0.2, -0.15) is 0 Å². The number of aliphatic hydroxyl groups is 1. The van der Waals surface area contributed by atoms with Gasteiger partial charge in [0.05, 0.1) is 12.1 Å². The highest BCUT2D eigenvalue weighted by Crippen LogP contribution is 2.22. The fourth-order valence-electron chi connectivity index (χ4n) is 2.69. The number of hydrogen-bond acceptors (Lipinski definition) is 3. The third-order valence-electron chi connectivity index (χ3n) is 4.35. The van der Waals surface area contributed by atoms with E-state index in [9.17, 15) is 5.11 Å². The van der Waals surface area contributed by atoms with Crippen molar-refractivity contribution in [2.75, 3.05) is 33.3 Å². The lowest BCUT2D eigenvalue weighted by molar-refractivity contribution is 0.153. The van der Waals surface area contributed by atoms with Crippen LogP contribution in [-0.2, 0) is 5.54 Å². The second-order valence-corrected chi connectivity index (χ2v) is 5.98. The van der Waals surface area contributed by atoms with Crippen molar-refractivity contribution in [3.05, 3.63) is 35.9 Å². The Morgan fingerprint density at radius 2 is 1.89 bits per heavy atom. The molecule has 1 atom stereocenters. The first-order valence-corrected chi connectivity index (χ1v) is 7.24. The van der Waals surface area contributed by atoms with Crippen molar-refractivity contribution in [1.82, 2.24) is 10.2 Å². The van der Waals surface area contributed by atoms with Crippen LogP contribution in [0.3, 0.4) is 0 Å². The van der Waals surface area contributed by atoms with E-state index in [1.54, 1.807) is 0 Å². The summed E-state index contributed by atoms with van der Waals surface area (Å²) in [6.07, 6.45) is 2.50. The molecule has 0 radical (unpaired) electrons. The Bertz CT molecular complexity index is 374. The third-order valence-corrected chi connectivity index (χ3v) is 4.35. The lowest BCUT2D eigenvalue weighted by atomic mass is 9.90. The molecule has 0 aromatic heterocycles. The quantitative estimate of drug-likeness (QED) is 0.850. The first-order chi connectivity index (χ1) is 9.14. The lowest BCUT2D eigenvalue weighted by Gasteiger charge is -2.34. The predicted molar refractivity (Wildman–Crippen MR) is 79.1 cm³/mol. The number of rotatable bonds is 5. The predicted octanol–water partition coefficient (Wildman–Crippen LogP) is 1.83. The molecule has 2 N–H and O–H groups in total. The molecule has 0 bridgehead atoms. The number of hydrogen-bond donors (Lipinski definition) is 2. The summed E-state index contributed by atoms with van der Waals surface area (Å²) in [5, 5.41) is 13.3. The van der Waals surface area contributed by atoms with E-state index in [2.05, 4.69) is 36.3 Å². The second kappa shape index (κ2) is 6.51. The average Bonchev–Trinajstić information content (AvgIpc) is 2.47. The van der Waals surface area contributed by atoms with Gasteiger partial charge >= 0.3 is 0 Å². The standard InChI is InChI=1S/C16H26N2O/c1-16(13-19,15-6-4-3-5-7-15)17-12-14-8-10-18(2)11-9-14/h3-7,14,17,19H,8-13H2,1-2H3. The summed E-state index contributed by atoms with van der Waals surface area (Å²) in [5.41, 5.74) is 0.829. The first-order valence-electron chi connectivity index (χ1n) is 7.24. The van der Waals surface area contributed by atoms with Gasteiger partial charge < -0.3 is 15.3 Å². The molecule has 2 rings (SSSR count). The molecular weight excluding hydrogens is 236 g/mol. The summed E-state index contributed by atoms with van der Waals surface area (Å²) >= 11 is 0. The minimum atomic E-state index is -0.329. The van der Waals surface area contributed by atoms with Gasteiger partial charge in [0.25, 0.3) is 0 Å². The molecule has 0 spiro atoms. The molecule has 1 fully saturated rings. The van der Waals surface area contributed by atoms with E-state index in [-0.39, 0.29) is 12.1 Å². The molecule has 1 heterocycles. The smallest absolute Gasteiger partial charge is 0.0652 e. The van der Waals surface area contributed by atoms with E-state index < -0.39 is 0 Å². The molecule has 1 aromatic carbocycles. The lowest BCUT2D eigenvalue weighted by Crippen LogP contribution is -2.46. The Balaban J connectivity index is 1.92.